The van der Waals surface area contributed by atoms with Crippen molar-refractivity contribution in [2.24, 2.45) is 0 Å². The molecule has 1 atom stereocenters. The lowest BCUT2D eigenvalue weighted by molar-refractivity contribution is -0.0103. The van der Waals surface area contributed by atoms with Crippen molar-refractivity contribution in [3.8, 4) is 0 Å². The van der Waals surface area contributed by atoms with E-state index in [1.54, 1.807) is 6.07 Å². The zero-order chi connectivity index (χ0) is 13.8. The van der Waals surface area contributed by atoms with Crippen LogP contribution in [0.2, 0.25) is 0 Å². The van der Waals surface area contributed by atoms with Gasteiger partial charge in [-0.15, -0.1) is 0 Å². The summed E-state index contributed by atoms with van der Waals surface area (Å²) in [6, 6.07) is 3.90. The molecule has 102 valence electrons. The Balaban J connectivity index is 2.60. The summed E-state index contributed by atoms with van der Waals surface area (Å²) in [6.45, 7) is 9.12. The molecule has 0 aliphatic heterocycles. The summed E-state index contributed by atoms with van der Waals surface area (Å²) in [5.41, 5.74) is 0.447. The zero-order valence-electron chi connectivity index (χ0n) is 11.4. The molecule has 1 rings (SSSR count). The maximum atomic E-state index is 13.1. The fraction of sp³-hybridized carbons (Fsp3) is 0.571. The third-order valence-corrected chi connectivity index (χ3v) is 2.81. The van der Waals surface area contributed by atoms with Crippen LogP contribution in [0.1, 0.15) is 39.3 Å². The third-order valence-electron chi connectivity index (χ3n) is 2.81. The first kappa shape index (κ1) is 15.1. The van der Waals surface area contributed by atoms with Crippen LogP contribution in [0.15, 0.2) is 18.2 Å². The van der Waals surface area contributed by atoms with E-state index in [1.165, 1.54) is 6.07 Å². The van der Waals surface area contributed by atoms with Crippen LogP contribution in [0.4, 0.5) is 8.78 Å². The minimum atomic E-state index is -0.819. The summed E-state index contributed by atoms with van der Waals surface area (Å²) in [7, 11) is 0. The summed E-state index contributed by atoms with van der Waals surface area (Å²) in [5.74, 6) is -1.63. The monoisotopic (exact) mass is 257 g/mol. The average Bonchev–Trinajstić information content (AvgIpc) is 2.30. The van der Waals surface area contributed by atoms with Gasteiger partial charge in [0.25, 0.3) is 0 Å². The minimum Gasteiger partial charge on any atom is -0.375 e. The van der Waals surface area contributed by atoms with E-state index in [-0.39, 0.29) is 11.6 Å². The normalized spacial score (nSPS) is 13.7. The molecule has 0 aromatic heterocycles. The van der Waals surface area contributed by atoms with Gasteiger partial charge in [0.1, 0.15) is 0 Å². The Hall–Kier alpha value is -1.00. The number of hydrogen-bond acceptors (Lipinski definition) is 2. The van der Waals surface area contributed by atoms with Crippen molar-refractivity contribution in [2.75, 3.05) is 13.2 Å². The molecule has 0 spiro atoms. The Morgan fingerprint density at radius 2 is 1.94 bits per heavy atom. The summed E-state index contributed by atoms with van der Waals surface area (Å²) in [5, 5.41) is 3.26. The predicted octanol–water partition coefficient (Wildman–Crippen LogP) is 3.43. The van der Waals surface area contributed by atoms with Gasteiger partial charge in [0.15, 0.2) is 11.6 Å². The van der Waals surface area contributed by atoms with Crippen molar-refractivity contribution in [1.29, 1.82) is 0 Å². The molecular formula is C14H21F2NO. The minimum absolute atomic E-state index is 0.0557. The van der Waals surface area contributed by atoms with Crippen LogP contribution in [-0.4, -0.2) is 18.8 Å². The molecule has 0 saturated carbocycles. The summed E-state index contributed by atoms with van der Waals surface area (Å²) in [6.07, 6.45) is 0. The van der Waals surface area contributed by atoms with Crippen LogP contribution in [0.5, 0.6) is 0 Å². The fourth-order valence-electron chi connectivity index (χ4n) is 1.74. The molecule has 4 heteroatoms. The predicted molar refractivity (Wildman–Crippen MR) is 68.5 cm³/mol. The highest BCUT2D eigenvalue weighted by Crippen LogP contribution is 2.17. The van der Waals surface area contributed by atoms with Gasteiger partial charge in [0.05, 0.1) is 5.60 Å². The Bertz CT molecular complexity index is 393. The first-order valence-corrected chi connectivity index (χ1v) is 6.18. The van der Waals surface area contributed by atoms with Gasteiger partial charge in [-0.05, 0) is 45.4 Å². The first-order chi connectivity index (χ1) is 8.35. The molecule has 0 radical (unpaired) electrons. The van der Waals surface area contributed by atoms with Gasteiger partial charge >= 0.3 is 0 Å². The summed E-state index contributed by atoms with van der Waals surface area (Å²) < 4.78 is 31.5. The van der Waals surface area contributed by atoms with Crippen LogP contribution < -0.4 is 5.32 Å². The highest BCUT2D eigenvalue weighted by molar-refractivity contribution is 5.20. The van der Waals surface area contributed by atoms with E-state index in [4.69, 9.17) is 4.74 Å². The number of benzene rings is 1. The van der Waals surface area contributed by atoms with Crippen LogP contribution in [-0.2, 0) is 4.74 Å². The van der Waals surface area contributed by atoms with E-state index in [0.29, 0.717) is 13.2 Å². The molecule has 2 nitrogen and oxygen atoms in total. The quantitative estimate of drug-likeness (QED) is 0.843. The van der Waals surface area contributed by atoms with E-state index >= 15 is 0 Å². The maximum absolute atomic E-state index is 13.1. The van der Waals surface area contributed by atoms with Gasteiger partial charge in [-0.25, -0.2) is 8.78 Å². The standard InChI is InChI=1S/C14H21F2NO/c1-5-18-14(3,4)9-17-10(2)11-6-7-12(15)13(16)8-11/h6-8,10,17H,5,9H2,1-4H3. The van der Waals surface area contributed by atoms with Crippen LogP contribution in [0.3, 0.4) is 0 Å². The third kappa shape index (κ3) is 4.35. The van der Waals surface area contributed by atoms with E-state index in [1.807, 2.05) is 27.7 Å². The number of hydrogen-bond donors (Lipinski definition) is 1. The average molecular weight is 257 g/mol. The number of rotatable bonds is 6. The lowest BCUT2D eigenvalue weighted by Crippen LogP contribution is -2.38. The fourth-order valence-corrected chi connectivity index (χ4v) is 1.74. The topological polar surface area (TPSA) is 21.3 Å². The van der Waals surface area contributed by atoms with E-state index in [0.717, 1.165) is 11.6 Å². The van der Waals surface area contributed by atoms with E-state index in [2.05, 4.69) is 5.32 Å². The largest absolute Gasteiger partial charge is 0.375 e. The zero-order valence-corrected chi connectivity index (χ0v) is 11.4. The molecule has 1 unspecified atom stereocenters. The van der Waals surface area contributed by atoms with Crippen molar-refractivity contribution in [2.45, 2.75) is 39.3 Å². The lowest BCUT2D eigenvalue weighted by Gasteiger charge is -2.27. The smallest absolute Gasteiger partial charge is 0.159 e. The molecule has 0 aliphatic rings. The lowest BCUT2D eigenvalue weighted by atomic mass is 10.1. The Morgan fingerprint density at radius 1 is 1.28 bits per heavy atom. The van der Waals surface area contributed by atoms with Gasteiger partial charge in [0.2, 0.25) is 0 Å². The molecule has 0 fully saturated rings. The van der Waals surface area contributed by atoms with Gasteiger partial charge in [-0.2, -0.15) is 0 Å². The number of nitrogens with one attached hydrogen (secondary N) is 1. The van der Waals surface area contributed by atoms with E-state index in [9.17, 15) is 8.78 Å². The molecule has 0 aliphatic carbocycles. The molecule has 1 aromatic carbocycles. The van der Waals surface area contributed by atoms with Crippen molar-refractivity contribution < 1.29 is 13.5 Å². The van der Waals surface area contributed by atoms with Gasteiger partial charge in [-0.1, -0.05) is 6.07 Å². The SMILES string of the molecule is CCOC(C)(C)CNC(C)c1ccc(F)c(F)c1. The Labute approximate surface area is 107 Å². The van der Waals surface area contributed by atoms with Crippen molar-refractivity contribution >= 4 is 0 Å². The van der Waals surface area contributed by atoms with Crippen LogP contribution in [0.25, 0.3) is 0 Å². The molecule has 0 heterocycles. The number of halogens is 2. The second-order valence-corrected chi connectivity index (χ2v) is 4.97. The van der Waals surface area contributed by atoms with Gasteiger partial charge in [0, 0.05) is 19.2 Å². The maximum Gasteiger partial charge on any atom is 0.159 e. The molecule has 18 heavy (non-hydrogen) atoms. The molecule has 0 amide bonds. The highest BCUT2D eigenvalue weighted by Gasteiger charge is 2.19. The first-order valence-electron chi connectivity index (χ1n) is 6.18. The van der Waals surface area contributed by atoms with Gasteiger partial charge in [-0.3, -0.25) is 0 Å². The molecule has 0 bridgehead atoms. The summed E-state index contributed by atoms with van der Waals surface area (Å²) >= 11 is 0. The Kier molecular flexibility index (Phi) is 5.23. The summed E-state index contributed by atoms with van der Waals surface area (Å²) in [4.78, 5) is 0. The van der Waals surface area contributed by atoms with E-state index < -0.39 is 11.6 Å². The van der Waals surface area contributed by atoms with Crippen LogP contribution >= 0.6 is 0 Å². The second-order valence-electron chi connectivity index (χ2n) is 4.97. The molecule has 1 aromatic rings. The molecule has 0 saturated heterocycles. The molecule has 1 N–H and O–H groups in total. The highest BCUT2D eigenvalue weighted by atomic mass is 19.2. The van der Waals surface area contributed by atoms with Crippen LogP contribution in [0, 0.1) is 11.6 Å². The van der Waals surface area contributed by atoms with Gasteiger partial charge < -0.3 is 10.1 Å². The van der Waals surface area contributed by atoms with Crippen molar-refractivity contribution in [1.82, 2.24) is 5.32 Å². The number of ether oxygens (including phenoxy) is 1. The second kappa shape index (κ2) is 6.25. The van der Waals surface area contributed by atoms with Crippen molar-refractivity contribution in [3.63, 3.8) is 0 Å². The Morgan fingerprint density at radius 3 is 2.50 bits per heavy atom. The van der Waals surface area contributed by atoms with Crippen molar-refractivity contribution in [3.05, 3.63) is 35.4 Å². The molecular weight excluding hydrogens is 236 g/mol.